The van der Waals surface area contributed by atoms with Gasteiger partial charge < -0.3 is 19.6 Å². The van der Waals surface area contributed by atoms with E-state index in [1.54, 1.807) is 48.0 Å². The van der Waals surface area contributed by atoms with Gasteiger partial charge in [-0.2, -0.15) is 0 Å². The van der Waals surface area contributed by atoms with Crippen molar-refractivity contribution in [2.45, 2.75) is 32.9 Å². The van der Waals surface area contributed by atoms with Gasteiger partial charge in [0.05, 0.1) is 19.2 Å². The Morgan fingerprint density at radius 3 is 2.74 bits per heavy atom. The smallest absolute Gasteiger partial charge is 0.259 e. The fourth-order valence-electron chi connectivity index (χ4n) is 3.56. The third kappa shape index (κ3) is 4.85. The molecule has 0 fully saturated rings. The molecule has 0 saturated carbocycles. The van der Waals surface area contributed by atoms with Crippen LogP contribution in [-0.2, 0) is 4.79 Å². The van der Waals surface area contributed by atoms with Crippen LogP contribution in [0.4, 0.5) is 4.39 Å². The number of carbonyl (C=O) groups is 2. The lowest BCUT2D eigenvalue weighted by Crippen LogP contribution is -2.50. The number of nitrogens with zero attached hydrogens (tertiary/aromatic N) is 3. The molecule has 3 rings (SSSR count). The van der Waals surface area contributed by atoms with E-state index in [1.165, 1.54) is 19.2 Å². The highest BCUT2D eigenvalue weighted by atomic mass is 19.1. The number of carbonyl (C=O) groups excluding carboxylic acids is 2. The molecular weight excluding hydrogens is 401 g/mol. The summed E-state index contributed by atoms with van der Waals surface area (Å²) < 4.78 is 20.4. The minimum Gasteiger partial charge on any atom is -0.472 e. The van der Waals surface area contributed by atoms with Crippen LogP contribution in [0.15, 0.2) is 36.5 Å². The first-order valence-electron chi connectivity index (χ1n) is 10.3. The average Bonchev–Trinajstić information content (AvgIpc) is 2.75. The van der Waals surface area contributed by atoms with Crippen LogP contribution >= 0.6 is 0 Å². The lowest BCUT2D eigenvalue weighted by Gasteiger charge is -2.37. The Morgan fingerprint density at radius 1 is 1.39 bits per heavy atom. The molecule has 0 bridgehead atoms. The molecule has 1 N–H and O–H groups in total. The van der Waals surface area contributed by atoms with E-state index >= 15 is 0 Å². The van der Waals surface area contributed by atoms with Crippen molar-refractivity contribution in [3.8, 4) is 17.0 Å². The molecule has 2 aromatic rings. The molecule has 1 aromatic heterocycles. The second-order valence-electron chi connectivity index (χ2n) is 8.08. The monoisotopic (exact) mass is 429 g/mol. The van der Waals surface area contributed by atoms with Crippen LogP contribution in [0.1, 0.15) is 31.1 Å². The molecule has 0 spiro atoms. The van der Waals surface area contributed by atoms with Crippen LogP contribution in [0.25, 0.3) is 11.1 Å². The van der Waals surface area contributed by atoms with Crippen LogP contribution in [0.3, 0.4) is 0 Å². The van der Waals surface area contributed by atoms with Gasteiger partial charge in [-0.15, -0.1) is 0 Å². The highest BCUT2D eigenvalue weighted by molar-refractivity contribution is 5.98. The van der Waals surface area contributed by atoms with Crippen molar-refractivity contribution in [1.29, 1.82) is 0 Å². The second kappa shape index (κ2) is 9.43. The number of hydrogen-bond acceptors (Lipinski definition) is 5. The average molecular weight is 429 g/mol. The number of aromatic nitrogens is 1. The largest absolute Gasteiger partial charge is 0.472 e. The molecule has 0 aliphatic carbocycles. The van der Waals surface area contributed by atoms with Gasteiger partial charge >= 0.3 is 0 Å². The number of amides is 2. The molecule has 7 nitrogen and oxygen atoms in total. The van der Waals surface area contributed by atoms with Crippen molar-refractivity contribution in [2.24, 2.45) is 5.92 Å². The summed E-state index contributed by atoms with van der Waals surface area (Å²) in [6.07, 6.45) is 1.06. The summed E-state index contributed by atoms with van der Waals surface area (Å²) in [5, 5.41) is 9.71. The Morgan fingerprint density at radius 2 is 2.10 bits per heavy atom. The number of benzene rings is 1. The number of rotatable bonds is 5. The molecule has 0 radical (unpaired) electrons. The fraction of sp³-hybridized carbons (Fsp3) is 0.435. The normalized spacial score (nSPS) is 19.7. The van der Waals surface area contributed by atoms with Crippen LogP contribution < -0.4 is 4.74 Å². The lowest BCUT2D eigenvalue weighted by molar-refractivity contribution is -0.129. The molecule has 8 heteroatoms. The maximum absolute atomic E-state index is 14.3. The Bertz CT molecular complexity index is 968. The van der Waals surface area contributed by atoms with Crippen molar-refractivity contribution >= 4 is 11.8 Å². The summed E-state index contributed by atoms with van der Waals surface area (Å²) in [5.41, 5.74) is 0.982. The number of likely N-dealkylation sites (N-methyl/N-ethyl adjacent to an activating group) is 1. The van der Waals surface area contributed by atoms with Crippen LogP contribution in [0.5, 0.6) is 5.88 Å². The minimum atomic E-state index is -0.427. The van der Waals surface area contributed by atoms with E-state index in [2.05, 4.69) is 4.98 Å². The summed E-state index contributed by atoms with van der Waals surface area (Å²) in [6, 6.07) is 7.42. The van der Waals surface area contributed by atoms with Gasteiger partial charge in [-0.25, -0.2) is 9.37 Å². The fourth-order valence-corrected chi connectivity index (χ4v) is 3.56. The highest BCUT2D eigenvalue weighted by Gasteiger charge is 2.34. The number of halogens is 1. The van der Waals surface area contributed by atoms with Gasteiger partial charge in [-0.05, 0) is 19.1 Å². The Balaban J connectivity index is 2.07. The Labute approximate surface area is 181 Å². The van der Waals surface area contributed by atoms with Crippen LogP contribution in [0, 0.1) is 11.7 Å². The third-order valence-electron chi connectivity index (χ3n) is 5.70. The molecule has 0 unspecified atom stereocenters. The third-order valence-corrected chi connectivity index (χ3v) is 5.70. The molecule has 2 heterocycles. The first-order valence-corrected chi connectivity index (χ1v) is 10.3. The number of hydrogen-bond donors (Lipinski definition) is 1. The van der Waals surface area contributed by atoms with E-state index in [9.17, 15) is 19.1 Å². The highest BCUT2D eigenvalue weighted by Crippen LogP contribution is 2.31. The molecule has 1 aliphatic heterocycles. The minimum absolute atomic E-state index is 0.0994. The van der Waals surface area contributed by atoms with Crippen molar-refractivity contribution in [1.82, 2.24) is 14.8 Å². The molecule has 0 saturated heterocycles. The van der Waals surface area contributed by atoms with Crippen molar-refractivity contribution in [3.63, 3.8) is 0 Å². The lowest BCUT2D eigenvalue weighted by atomic mass is 9.99. The summed E-state index contributed by atoms with van der Waals surface area (Å²) >= 11 is 0. The zero-order chi connectivity index (χ0) is 22.7. The van der Waals surface area contributed by atoms with Gasteiger partial charge in [0.25, 0.3) is 5.91 Å². The van der Waals surface area contributed by atoms with E-state index in [0.717, 1.165) is 0 Å². The molecule has 1 aromatic carbocycles. The predicted octanol–water partition coefficient (Wildman–Crippen LogP) is 2.59. The molecule has 2 amide bonds. The van der Waals surface area contributed by atoms with E-state index < -0.39 is 18.0 Å². The second-order valence-corrected chi connectivity index (χ2v) is 8.08. The zero-order valence-corrected chi connectivity index (χ0v) is 18.2. The molecule has 1 aliphatic rings. The Hall–Kier alpha value is -3.00. The topological polar surface area (TPSA) is 83.0 Å². The van der Waals surface area contributed by atoms with E-state index in [0.29, 0.717) is 24.2 Å². The maximum Gasteiger partial charge on any atom is 0.259 e. The van der Waals surface area contributed by atoms with Gasteiger partial charge in [0.2, 0.25) is 11.8 Å². The summed E-state index contributed by atoms with van der Waals surface area (Å²) in [5.74, 6) is -0.849. The van der Waals surface area contributed by atoms with Gasteiger partial charge in [-0.1, -0.05) is 25.1 Å². The number of aliphatic hydroxyl groups excluding tert-OH is 1. The zero-order valence-electron chi connectivity index (χ0n) is 18.2. The number of aliphatic hydroxyl groups is 1. The summed E-state index contributed by atoms with van der Waals surface area (Å²) in [4.78, 5) is 32.6. The van der Waals surface area contributed by atoms with Gasteiger partial charge in [0, 0.05) is 43.8 Å². The van der Waals surface area contributed by atoms with Gasteiger partial charge in [-0.3, -0.25) is 9.59 Å². The van der Waals surface area contributed by atoms with Gasteiger partial charge in [0.1, 0.15) is 17.5 Å². The van der Waals surface area contributed by atoms with Crippen LogP contribution in [-0.4, -0.2) is 70.6 Å². The standard InChI is InChI=1S/C23H28FN3O4/c1-14-11-27(15(2)13-28)23(30)19-9-17(18-7-5-6-8-20(18)24)10-25-22(19)31-21(14)12-26(4)16(3)29/h5-10,14-15,21,28H,11-13H2,1-4H3/t14-,15-,21-/m0/s1. The SMILES string of the molecule is CC(=O)N(C)C[C@@H]1Oc2ncc(-c3ccccc3F)cc2C(=O)N([C@@H](C)CO)C[C@@H]1C. The quantitative estimate of drug-likeness (QED) is 0.790. The maximum atomic E-state index is 14.3. The summed E-state index contributed by atoms with van der Waals surface area (Å²) in [6.45, 7) is 5.62. The van der Waals surface area contributed by atoms with E-state index in [-0.39, 0.29) is 35.8 Å². The predicted molar refractivity (Wildman–Crippen MR) is 114 cm³/mol. The molecule has 166 valence electrons. The molecule has 31 heavy (non-hydrogen) atoms. The summed E-state index contributed by atoms with van der Waals surface area (Å²) in [7, 11) is 1.69. The number of pyridine rings is 1. The first-order chi connectivity index (χ1) is 14.7. The number of fused-ring (bicyclic) bond motifs is 1. The molecular formula is C23H28FN3O4. The van der Waals surface area contributed by atoms with Crippen molar-refractivity contribution in [3.05, 3.63) is 47.9 Å². The van der Waals surface area contributed by atoms with Crippen LogP contribution in [0.2, 0.25) is 0 Å². The van der Waals surface area contributed by atoms with E-state index in [4.69, 9.17) is 4.74 Å². The van der Waals surface area contributed by atoms with Crippen molar-refractivity contribution < 1.29 is 23.8 Å². The Kier molecular flexibility index (Phi) is 6.90. The number of ether oxygens (including phenoxy) is 1. The van der Waals surface area contributed by atoms with Gasteiger partial charge in [0.15, 0.2) is 0 Å². The molecule has 3 atom stereocenters. The van der Waals surface area contributed by atoms with E-state index in [1.807, 2.05) is 6.92 Å². The first kappa shape index (κ1) is 22.7. The van der Waals surface area contributed by atoms with Crippen molar-refractivity contribution in [2.75, 3.05) is 26.7 Å².